The molecule has 2 atom stereocenters. The van der Waals surface area contributed by atoms with E-state index in [1.54, 1.807) is 6.20 Å². The van der Waals surface area contributed by atoms with Gasteiger partial charge in [-0.15, -0.1) is 0 Å². The minimum Gasteiger partial charge on any atom is -0.388 e. The Hall–Kier alpha value is -1.41. The lowest BCUT2D eigenvalue weighted by Crippen LogP contribution is -2.04. The minimum absolute atomic E-state index is 0.391. The lowest BCUT2D eigenvalue weighted by Gasteiger charge is -2.16. The monoisotopic (exact) mass is 229 g/mol. The molecule has 0 bridgehead atoms. The summed E-state index contributed by atoms with van der Waals surface area (Å²) in [6, 6.07) is 9.88. The smallest absolute Gasteiger partial charge is 0.0799 e. The maximum atomic E-state index is 10.3. The fourth-order valence-corrected chi connectivity index (χ4v) is 2.09. The summed E-state index contributed by atoms with van der Waals surface area (Å²) in [6.07, 6.45) is 3.30. The van der Waals surface area contributed by atoms with Gasteiger partial charge in [-0.1, -0.05) is 38.5 Å². The highest BCUT2D eigenvalue weighted by atomic mass is 16.3. The summed E-state index contributed by atoms with van der Waals surface area (Å²) in [4.78, 5) is 4.31. The number of fused-ring (bicyclic) bond motifs is 1. The molecule has 0 spiro atoms. The van der Waals surface area contributed by atoms with Crippen LogP contribution in [0, 0.1) is 5.92 Å². The van der Waals surface area contributed by atoms with E-state index in [9.17, 15) is 5.11 Å². The summed E-state index contributed by atoms with van der Waals surface area (Å²) in [6.45, 7) is 4.33. The van der Waals surface area contributed by atoms with Gasteiger partial charge in [0.25, 0.3) is 0 Å². The van der Waals surface area contributed by atoms with Crippen molar-refractivity contribution >= 4 is 10.9 Å². The Morgan fingerprint density at radius 3 is 2.82 bits per heavy atom. The molecule has 1 aromatic heterocycles. The molecule has 1 aromatic carbocycles. The summed E-state index contributed by atoms with van der Waals surface area (Å²) in [7, 11) is 0. The Labute approximate surface area is 102 Å². The molecule has 0 radical (unpaired) electrons. The Kier molecular flexibility index (Phi) is 3.75. The van der Waals surface area contributed by atoms with Crippen molar-refractivity contribution < 1.29 is 5.11 Å². The average Bonchev–Trinajstić information content (AvgIpc) is 2.37. The minimum atomic E-state index is -0.391. The van der Waals surface area contributed by atoms with E-state index in [0.29, 0.717) is 5.92 Å². The van der Waals surface area contributed by atoms with Crippen molar-refractivity contribution in [3.8, 4) is 0 Å². The van der Waals surface area contributed by atoms with Gasteiger partial charge >= 0.3 is 0 Å². The third-order valence-electron chi connectivity index (χ3n) is 3.36. The van der Waals surface area contributed by atoms with Crippen LogP contribution in [0.25, 0.3) is 10.9 Å². The lowest BCUT2D eigenvalue weighted by molar-refractivity contribution is 0.148. The zero-order valence-corrected chi connectivity index (χ0v) is 10.4. The number of rotatable bonds is 4. The van der Waals surface area contributed by atoms with E-state index in [2.05, 4.69) is 18.8 Å². The molecule has 2 nitrogen and oxygen atoms in total. The number of hydrogen-bond acceptors (Lipinski definition) is 2. The van der Waals surface area contributed by atoms with Crippen molar-refractivity contribution in [1.29, 1.82) is 0 Å². The van der Waals surface area contributed by atoms with Crippen LogP contribution in [0.15, 0.2) is 36.5 Å². The molecule has 0 saturated carbocycles. The van der Waals surface area contributed by atoms with Crippen LogP contribution in [0.4, 0.5) is 0 Å². The van der Waals surface area contributed by atoms with Crippen LogP contribution in [0.5, 0.6) is 0 Å². The topological polar surface area (TPSA) is 33.1 Å². The quantitative estimate of drug-likeness (QED) is 0.867. The number of hydrogen-bond donors (Lipinski definition) is 1. The van der Waals surface area contributed by atoms with Crippen molar-refractivity contribution in [2.24, 2.45) is 5.92 Å². The van der Waals surface area contributed by atoms with Gasteiger partial charge in [0.2, 0.25) is 0 Å². The zero-order valence-electron chi connectivity index (χ0n) is 10.4. The summed E-state index contributed by atoms with van der Waals surface area (Å²) < 4.78 is 0. The van der Waals surface area contributed by atoms with Crippen LogP contribution in [-0.4, -0.2) is 10.1 Å². The number of aliphatic hydroxyl groups excluding tert-OH is 1. The zero-order chi connectivity index (χ0) is 12.3. The van der Waals surface area contributed by atoms with Crippen LogP contribution >= 0.6 is 0 Å². The standard InChI is InChI=1S/C15H19NO/c1-3-11(2)10-15(17)13-6-4-8-14-12(13)7-5-9-16-14/h4-9,11,15,17H,3,10H2,1-2H3. The molecule has 17 heavy (non-hydrogen) atoms. The highest BCUT2D eigenvalue weighted by Crippen LogP contribution is 2.28. The van der Waals surface area contributed by atoms with Crippen LogP contribution < -0.4 is 0 Å². The predicted molar refractivity (Wildman–Crippen MR) is 70.8 cm³/mol. The maximum Gasteiger partial charge on any atom is 0.0799 e. The van der Waals surface area contributed by atoms with E-state index in [0.717, 1.165) is 29.3 Å². The SMILES string of the molecule is CCC(C)CC(O)c1cccc2ncccc12. The van der Waals surface area contributed by atoms with E-state index in [-0.39, 0.29) is 0 Å². The summed E-state index contributed by atoms with van der Waals surface area (Å²) in [5.41, 5.74) is 1.95. The van der Waals surface area contributed by atoms with Gasteiger partial charge in [-0.2, -0.15) is 0 Å². The molecule has 1 heterocycles. The van der Waals surface area contributed by atoms with E-state index < -0.39 is 6.10 Å². The first-order valence-corrected chi connectivity index (χ1v) is 6.24. The lowest BCUT2D eigenvalue weighted by atomic mass is 9.94. The maximum absolute atomic E-state index is 10.3. The molecule has 2 rings (SSSR count). The first-order chi connectivity index (χ1) is 8.22. The fraction of sp³-hybridized carbons (Fsp3) is 0.400. The second-order valence-electron chi connectivity index (χ2n) is 4.68. The number of benzene rings is 1. The van der Waals surface area contributed by atoms with Crippen LogP contribution in [0.1, 0.15) is 38.4 Å². The molecular weight excluding hydrogens is 210 g/mol. The van der Waals surface area contributed by atoms with Crippen molar-refractivity contribution in [1.82, 2.24) is 4.98 Å². The second-order valence-corrected chi connectivity index (χ2v) is 4.68. The van der Waals surface area contributed by atoms with Crippen molar-refractivity contribution in [3.63, 3.8) is 0 Å². The van der Waals surface area contributed by atoms with Crippen molar-refractivity contribution in [2.45, 2.75) is 32.8 Å². The second kappa shape index (κ2) is 5.28. The summed E-state index contributed by atoms with van der Waals surface area (Å²) >= 11 is 0. The van der Waals surface area contributed by atoms with Crippen LogP contribution in [0.2, 0.25) is 0 Å². The number of aliphatic hydroxyl groups is 1. The number of aromatic nitrogens is 1. The third-order valence-corrected chi connectivity index (χ3v) is 3.36. The molecule has 0 aliphatic rings. The largest absolute Gasteiger partial charge is 0.388 e. The molecule has 0 amide bonds. The van der Waals surface area contributed by atoms with E-state index in [1.807, 2.05) is 30.3 Å². The number of pyridine rings is 1. The highest BCUT2D eigenvalue weighted by Gasteiger charge is 2.13. The van der Waals surface area contributed by atoms with E-state index >= 15 is 0 Å². The molecule has 0 aliphatic carbocycles. The van der Waals surface area contributed by atoms with Gasteiger partial charge in [-0.25, -0.2) is 0 Å². The molecule has 2 unspecified atom stereocenters. The Morgan fingerprint density at radius 1 is 1.24 bits per heavy atom. The van der Waals surface area contributed by atoms with Gasteiger partial charge in [0.05, 0.1) is 11.6 Å². The number of nitrogens with zero attached hydrogens (tertiary/aromatic N) is 1. The third kappa shape index (κ3) is 2.64. The Balaban J connectivity index is 2.34. The van der Waals surface area contributed by atoms with Crippen LogP contribution in [-0.2, 0) is 0 Å². The predicted octanol–water partition coefficient (Wildman–Crippen LogP) is 3.70. The summed E-state index contributed by atoms with van der Waals surface area (Å²) in [5, 5.41) is 11.4. The highest BCUT2D eigenvalue weighted by molar-refractivity contribution is 5.82. The van der Waals surface area contributed by atoms with Gasteiger partial charge in [0, 0.05) is 11.6 Å². The van der Waals surface area contributed by atoms with Gasteiger partial charge in [-0.3, -0.25) is 4.98 Å². The molecule has 1 N–H and O–H groups in total. The summed E-state index contributed by atoms with van der Waals surface area (Å²) in [5.74, 6) is 0.539. The molecule has 0 saturated heterocycles. The molecule has 90 valence electrons. The first kappa shape index (κ1) is 12.1. The molecule has 0 fully saturated rings. The van der Waals surface area contributed by atoms with Gasteiger partial charge in [-0.05, 0) is 30.0 Å². The van der Waals surface area contributed by atoms with E-state index in [1.165, 1.54) is 0 Å². The van der Waals surface area contributed by atoms with Crippen LogP contribution in [0.3, 0.4) is 0 Å². The Bertz CT molecular complexity index is 490. The van der Waals surface area contributed by atoms with Gasteiger partial charge < -0.3 is 5.11 Å². The Morgan fingerprint density at radius 2 is 2.06 bits per heavy atom. The molecule has 0 aliphatic heterocycles. The molecular formula is C15H19NO. The van der Waals surface area contributed by atoms with Gasteiger partial charge in [0.15, 0.2) is 0 Å². The normalized spacial score (nSPS) is 14.8. The van der Waals surface area contributed by atoms with Gasteiger partial charge in [0.1, 0.15) is 0 Å². The molecule has 2 aromatic rings. The van der Waals surface area contributed by atoms with Crippen molar-refractivity contribution in [2.75, 3.05) is 0 Å². The first-order valence-electron chi connectivity index (χ1n) is 6.24. The van der Waals surface area contributed by atoms with Crippen molar-refractivity contribution in [3.05, 3.63) is 42.1 Å². The average molecular weight is 229 g/mol. The molecule has 2 heteroatoms. The van der Waals surface area contributed by atoms with E-state index in [4.69, 9.17) is 0 Å². The fourth-order valence-electron chi connectivity index (χ4n) is 2.09.